The molecule has 1 aliphatic rings. The Labute approximate surface area is 157 Å². The van der Waals surface area contributed by atoms with Gasteiger partial charge in [-0.15, -0.1) is 0 Å². The van der Waals surface area contributed by atoms with E-state index in [4.69, 9.17) is 0 Å². The van der Waals surface area contributed by atoms with Crippen molar-refractivity contribution in [2.45, 2.75) is 18.0 Å². The molecular weight excluding hydrogens is 362 g/mol. The Morgan fingerprint density at radius 3 is 2.11 bits per heavy atom. The van der Waals surface area contributed by atoms with Gasteiger partial charge in [-0.1, -0.05) is 30.3 Å². The number of rotatable bonds is 4. The van der Waals surface area contributed by atoms with Crippen molar-refractivity contribution in [3.8, 4) is 0 Å². The number of anilines is 1. The summed E-state index contributed by atoms with van der Waals surface area (Å²) in [5, 5.41) is 2.71. The second-order valence-corrected chi connectivity index (χ2v) is 8.17. The Balaban J connectivity index is 1.50. The molecule has 1 aliphatic heterocycles. The molecule has 0 aliphatic carbocycles. The predicted octanol–water partition coefficient (Wildman–Crippen LogP) is 3.04. The zero-order valence-corrected chi connectivity index (χ0v) is 15.2. The summed E-state index contributed by atoms with van der Waals surface area (Å²) in [7, 11) is -3.60. The standard InChI is InChI=1S/C20H17N3O3S/c24-20(19-7-3-4-12-21-19)22-17-8-10-18(11-9-17)27(25,26)23-13-15-5-1-2-6-16(15)14-23/h1-12H,13-14H2,(H,22,24). The highest BCUT2D eigenvalue weighted by molar-refractivity contribution is 7.89. The summed E-state index contributed by atoms with van der Waals surface area (Å²) in [4.78, 5) is 16.3. The first-order valence-electron chi connectivity index (χ1n) is 8.43. The molecular formula is C20H17N3O3S. The molecule has 2 heterocycles. The van der Waals surface area contributed by atoms with E-state index in [9.17, 15) is 13.2 Å². The van der Waals surface area contributed by atoms with Crippen LogP contribution in [-0.2, 0) is 23.1 Å². The molecule has 0 saturated carbocycles. The van der Waals surface area contributed by atoms with Crippen molar-refractivity contribution < 1.29 is 13.2 Å². The number of benzene rings is 2. The van der Waals surface area contributed by atoms with Gasteiger partial charge in [-0.3, -0.25) is 9.78 Å². The van der Waals surface area contributed by atoms with Gasteiger partial charge in [-0.2, -0.15) is 4.31 Å². The van der Waals surface area contributed by atoms with E-state index in [1.54, 1.807) is 36.5 Å². The van der Waals surface area contributed by atoms with Crippen LogP contribution in [0, 0.1) is 0 Å². The zero-order chi connectivity index (χ0) is 18.9. The van der Waals surface area contributed by atoms with Gasteiger partial charge in [0.15, 0.2) is 0 Å². The van der Waals surface area contributed by atoms with Crippen LogP contribution in [0.2, 0.25) is 0 Å². The van der Waals surface area contributed by atoms with Crippen LogP contribution < -0.4 is 5.32 Å². The van der Waals surface area contributed by atoms with Gasteiger partial charge in [0.2, 0.25) is 10.0 Å². The van der Waals surface area contributed by atoms with Gasteiger partial charge in [-0.25, -0.2) is 8.42 Å². The predicted molar refractivity (Wildman–Crippen MR) is 102 cm³/mol. The molecule has 1 N–H and O–H groups in total. The quantitative estimate of drug-likeness (QED) is 0.756. The summed E-state index contributed by atoms with van der Waals surface area (Å²) < 4.78 is 27.2. The highest BCUT2D eigenvalue weighted by Gasteiger charge is 2.30. The molecule has 1 amide bonds. The summed E-state index contributed by atoms with van der Waals surface area (Å²) in [6.07, 6.45) is 1.54. The van der Waals surface area contributed by atoms with Crippen LogP contribution in [-0.4, -0.2) is 23.6 Å². The van der Waals surface area contributed by atoms with Gasteiger partial charge in [0.25, 0.3) is 5.91 Å². The highest BCUT2D eigenvalue weighted by atomic mass is 32.2. The van der Waals surface area contributed by atoms with Gasteiger partial charge in [0.1, 0.15) is 5.69 Å². The number of pyridine rings is 1. The number of fused-ring (bicyclic) bond motifs is 1. The van der Waals surface area contributed by atoms with Gasteiger partial charge < -0.3 is 5.32 Å². The molecule has 0 spiro atoms. The van der Waals surface area contributed by atoms with Crippen molar-refractivity contribution in [2.24, 2.45) is 0 Å². The Hall–Kier alpha value is -3.03. The van der Waals surface area contributed by atoms with Gasteiger partial charge in [-0.05, 0) is 47.5 Å². The normalized spacial score (nSPS) is 13.9. The van der Waals surface area contributed by atoms with E-state index in [0.29, 0.717) is 24.5 Å². The third kappa shape index (κ3) is 3.47. The van der Waals surface area contributed by atoms with Crippen LogP contribution in [0.4, 0.5) is 5.69 Å². The number of carbonyl (C=O) groups is 1. The smallest absolute Gasteiger partial charge is 0.274 e. The monoisotopic (exact) mass is 379 g/mol. The van der Waals surface area contributed by atoms with Crippen molar-refractivity contribution >= 4 is 21.6 Å². The van der Waals surface area contributed by atoms with Gasteiger partial charge >= 0.3 is 0 Å². The zero-order valence-electron chi connectivity index (χ0n) is 14.4. The second-order valence-electron chi connectivity index (χ2n) is 6.24. The van der Waals surface area contributed by atoms with E-state index in [-0.39, 0.29) is 10.8 Å². The minimum absolute atomic E-state index is 0.200. The Morgan fingerprint density at radius 2 is 1.52 bits per heavy atom. The number of nitrogens with zero attached hydrogens (tertiary/aromatic N) is 2. The Kier molecular flexibility index (Phi) is 4.47. The van der Waals surface area contributed by atoms with Crippen molar-refractivity contribution in [1.29, 1.82) is 0 Å². The fourth-order valence-corrected chi connectivity index (χ4v) is 4.42. The molecule has 4 rings (SSSR count). The maximum Gasteiger partial charge on any atom is 0.274 e. The molecule has 7 heteroatoms. The molecule has 0 atom stereocenters. The minimum atomic E-state index is -3.60. The van der Waals surface area contributed by atoms with Crippen LogP contribution in [0.25, 0.3) is 0 Å². The first kappa shape index (κ1) is 17.4. The molecule has 0 radical (unpaired) electrons. The molecule has 2 aromatic carbocycles. The Morgan fingerprint density at radius 1 is 0.889 bits per heavy atom. The lowest BCUT2D eigenvalue weighted by Crippen LogP contribution is -2.25. The number of nitrogens with one attached hydrogen (secondary N) is 1. The average Bonchev–Trinajstić information content (AvgIpc) is 3.14. The Bertz CT molecular complexity index is 1060. The van der Waals surface area contributed by atoms with Gasteiger partial charge in [0.05, 0.1) is 4.90 Å². The highest BCUT2D eigenvalue weighted by Crippen LogP contribution is 2.28. The maximum absolute atomic E-state index is 12.9. The number of hydrogen-bond donors (Lipinski definition) is 1. The van der Waals surface area contributed by atoms with E-state index < -0.39 is 10.0 Å². The van der Waals surface area contributed by atoms with Crippen LogP contribution in [0.3, 0.4) is 0 Å². The van der Waals surface area contributed by atoms with Crippen molar-refractivity contribution in [1.82, 2.24) is 9.29 Å². The lowest BCUT2D eigenvalue weighted by atomic mass is 10.1. The van der Waals surface area contributed by atoms with Gasteiger partial charge in [0, 0.05) is 25.0 Å². The number of hydrogen-bond acceptors (Lipinski definition) is 4. The molecule has 0 saturated heterocycles. The molecule has 27 heavy (non-hydrogen) atoms. The summed E-state index contributed by atoms with van der Waals surface area (Å²) in [6, 6.07) is 19.0. The van der Waals surface area contributed by atoms with Crippen molar-refractivity contribution in [3.05, 3.63) is 89.7 Å². The molecule has 1 aromatic heterocycles. The third-order valence-electron chi connectivity index (χ3n) is 4.46. The van der Waals surface area contributed by atoms with E-state index in [0.717, 1.165) is 11.1 Å². The summed E-state index contributed by atoms with van der Waals surface area (Å²) >= 11 is 0. The van der Waals surface area contributed by atoms with E-state index in [2.05, 4.69) is 10.3 Å². The van der Waals surface area contributed by atoms with Crippen LogP contribution in [0.1, 0.15) is 21.6 Å². The average molecular weight is 379 g/mol. The maximum atomic E-state index is 12.9. The fourth-order valence-electron chi connectivity index (χ4n) is 3.02. The SMILES string of the molecule is O=C(Nc1ccc(S(=O)(=O)N2Cc3ccccc3C2)cc1)c1ccccn1. The van der Waals surface area contributed by atoms with E-state index in [1.165, 1.54) is 16.4 Å². The van der Waals surface area contributed by atoms with E-state index >= 15 is 0 Å². The summed E-state index contributed by atoms with van der Waals surface area (Å²) in [5.41, 5.74) is 2.86. The number of aromatic nitrogens is 1. The third-order valence-corrected chi connectivity index (χ3v) is 6.27. The fraction of sp³-hybridized carbons (Fsp3) is 0.100. The van der Waals surface area contributed by atoms with Crippen molar-refractivity contribution in [3.63, 3.8) is 0 Å². The van der Waals surface area contributed by atoms with Crippen molar-refractivity contribution in [2.75, 3.05) is 5.32 Å². The number of sulfonamides is 1. The molecule has 0 fully saturated rings. The lowest BCUT2D eigenvalue weighted by Gasteiger charge is -2.16. The topological polar surface area (TPSA) is 79.4 Å². The number of carbonyl (C=O) groups excluding carboxylic acids is 1. The first-order valence-corrected chi connectivity index (χ1v) is 9.87. The largest absolute Gasteiger partial charge is 0.321 e. The number of amides is 1. The van der Waals surface area contributed by atoms with Crippen LogP contribution in [0.15, 0.2) is 77.8 Å². The molecule has 0 bridgehead atoms. The second kappa shape index (κ2) is 6.94. The summed E-state index contributed by atoms with van der Waals surface area (Å²) in [5.74, 6) is -0.346. The van der Waals surface area contributed by atoms with Crippen LogP contribution in [0.5, 0.6) is 0 Å². The first-order chi connectivity index (χ1) is 13.0. The van der Waals surface area contributed by atoms with Crippen LogP contribution >= 0.6 is 0 Å². The minimum Gasteiger partial charge on any atom is -0.321 e. The molecule has 0 unspecified atom stereocenters. The molecule has 136 valence electrons. The van der Waals surface area contributed by atoms with E-state index in [1.807, 2.05) is 24.3 Å². The molecule has 3 aromatic rings. The lowest BCUT2D eigenvalue weighted by molar-refractivity contribution is 0.102. The molecule has 6 nitrogen and oxygen atoms in total. The summed E-state index contributed by atoms with van der Waals surface area (Å²) in [6.45, 7) is 0.743.